The summed E-state index contributed by atoms with van der Waals surface area (Å²) in [6.07, 6.45) is 1.57. The molecule has 5 rings (SSSR count). The zero-order valence-corrected chi connectivity index (χ0v) is 16.9. The van der Waals surface area contributed by atoms with Crippen molar-refractivity contribution in [1.29, 1.82) is 5.26 Å². The number of carbonyl (C=O) groups is 1. The van der Waals surface area contributed by atoms with Crippen molar-refractivity contribution in [2.45, 2.75) is 0 Å². The lowest BCUT2D eigenvalue weighted by atomic mass is 10.0. The lowest BCUT2D eigenvalue weighted by molar-refractivity contribution is -0.112. The highest BCUT2D eigenvalue weighted by atomic mass is 16.5. The number of nitrogens with one attached hydrogen (secondary N) is 1. The van der Waals surface area contributed by atoms with Gasteiger partial charge >= 0.3 is 0 Å². The summed E-state index contributed by atoms with van der Waals surface area (Å²) in [5, 5.41) is 19.4. The first-order valence-electron chi connectivity index (χ1n) is 10.1. The Bertz CT molecular complexity index is 1520. The van der Waals surface area contributed by atoms with Crippen molar-refractivity contribution in [1.82, 2.24) is 5.16 Å². The molecule has 32 heavy (non-hydrogen) atoms. The van der Waals surface area contributed by atoms with Crippen molar-refractivity contribution in [2.75, 3.05) is 5.32 Å². The molecule has 0 saturated heterocycles. The van der Waals surface area contributed by atoms with Crippen LogP contribution in [0.3, 0.4) is 0 Å². The summed E-state index contributed by atoms with van der Waals surface area (Å²) in [7, 11) is 0. The third kappa shape index (κ3) is 3.62. The van der Waals surface area contributed by atoms with Crippen LogP contribution in [-0.4, -0.2) is 11.1 Å². The molecule has 1 amide bonds. The van der Waals surface area contributed by atoms with Crippen LogP contribution in [0.15, 0.2) is 101 Å². The van der Waals surface area contributed by atoms with E-state index in [2.05, 4.69) is 10.5 Å². The van der Waals surface area contributed by atoms with Gasteiger partial charge in [0.25, 0.3) is 5.91 Å². The topological polar surface area (TPSA) is 78.9 Å². The third-order valence-corrected chi connectivity index (χ3v) is 5.25. The number of carbonyl (C=O) groups excluding carboxylic acids is 1. The summed E-state index contributed by atoms with van der Waals surface area (Å²) in [5.74, 6) is 0.187. The van der Waals surface area contributed by atoms with Crippen LogP contribution in [0.1, 0.15) is 5.56 Å². The minimum absolute atomic E-state index is 0.00926. The summed E-state index contributed by atoms with van der Waals surface area (Å²) in [4.78, 5) is 12.9. The van der Waals surface area contributed by atoms with Gasteiger partial charge in [-0.25, -0.2) is 0 Å². The highest BCUT2D eigenvalue weighted by Gasteiger charge is 2.14. The second kappa shape index (κ2) is 8.21. The summed E-state index contributed by atoms with van der Waals surface area (Å²) in [6.45, 7) is 0. The fraction of sp³-hybridized carbons (Fsp3) is 0. The molecule has 1 heterocycles. The van der Waals surface area contributed by atoms with E-state index in [0.29, 0.717) is 22.5 Å². The largest absolute Gasteiger partial charge is 0.355 e. The van der Waals surface area contributed by atoms with Gasteiger partial charge in [-0.3, -0.25) is 4.79 Å². The molecule has 5 heteroatoms. The Labute approximate surface area is 184 Å². The van der Waals surface area contributed by atoms with Crippen LogP contribution in [0.2, 0.25) is 0 Å². The highest BCUT2D eigenvalue weighted by Crippen LogP contribution is 2.30. The van der Waals surface area contributed by atoms with E-state index in [1.165, 1.54) is 0 Å². The number of nitrogens with zero attached hydrogens (tertiary/aromatic N) is 2. The van der Waals surface area contributed by atoms with Gasteiger partial charge in [0.2, 0.25) is 0 Å². The van der Waals surface area contributed by atoms with Gasteiger partial charge in [-0.1, -0.05) is 78.0 Å². The molecule has 0 aliphatic heterocycles. The van der Waals surface area contributed by atoms with E-state index in [9.17, 15) is 10.1 Å². The first-order valence-corrected chi connectivity index (χ1v) is 10.1. The number of aromatic nitrogens is 1. The molecule has 5 nitrogen and oxygen atoms in total. The first kappa shape index (κ1) is 19.3. The number of benzene rings is 4. The van der Waals surface area contributed by atoms with Crippen molar-refractivity contribution in [3.63, 3.8) is 0 Å². The first-order chi connectivity index (χ1) is 15.7. The molecule has 0 bridgehead atoms. The second-order valence-electron chi connectivity index (χ2n) is 7.30. The Morgan fingerprint density at radius 1 is 0.906 bits per heavy atom. The van der Waals surface area contributed by atoms with Crippen molar-refractivity contribution in [3.8, 4) is 17.4 Å². The fourth-order valence-electron chi connectivity index (χ4n) is 3.69. The van der Waals surface area contributed by atoms with Crippen molar-refractivity contribution in [3.05, 3.63) is 102 Å². The highest BCUT2D eigenvalue weighted by molar-refractivity contribution is 6.13. The van der Waals surface area contributed by atoms with Crippen molar-refractivity contribution >= 4 is 39.3 Å². The van der Waals surface area contributed by atoms with E-state index in [1.54, 1.807) is 6.08 Å². The molecule has 0 unspecified atom stereocenters. The van der Waals surface area contributed by atoms with Crippen molar-refractivity contribution in [2.24, 2.45) is 0 Å². The normalized spacial score (nSPS) is 11.4. The molecule has 0 saturated carbocycles. The minimum Gasteiger partial charge on any atom is -0.355 e. The SMILES string of the molecule is N#C/C(=C\c1ccc2noc(-c3ccccc3)c2c1)C(=O)Nc1cccc2ccccc12. The summed E-state index contributed by atoms with van der Waals surface area (Å²) < 4.78 is 5.54. The summed E-state index contributed by atoms with van der Waals surface area (Å²) in [5.41, 5.74) is 3.00. The number of rotatable bonds is 4. The second-order valence-corrected chi connectivity index (χ2v) is 7.30. The number of nitriles is 1. The van der Waals surface area contributed by atoms with E-state index in [-0.39, 0.29) is 5.57 Å². The fourth-order valence-corrected chi connectivity index (χ4v) is 3.69. The third-order valence-electron chi connectivity index (χ3n) is 5.25. The summed E-state index contributed by atoms with van der Waals surface area (Å²) >= 11 is 0. The molecule has 1 N–H and O–H groups in total. The zero-order chi connectivity index (χ0) is 21.9. The van der Waals surface area contributed by atoms with Gasteiger partial charge in [0, 0.05) is 16.6 Å². The maximum Gasteiger partial charge on any atom is 0.266 e. The van der Waals surface area contributed by atoms with Crippen molar-refractivity contribution < 1.29 is 9.32 Å². The monoisotopic (exact) mass is 415 g/mol. The van der Waals surface area contributed by atoms with Crippen LogP contribution >= 0.6 is 0 Å². The van der Waals surface area contributed by atoms with Crippen LogP contribution in [0, 0.1) is 11.3 Å². The standard InChI is InChI=1S/C27H17N3O2/c28-17-21(27(31)29-24-12-6-10-19-7-4-5-11-22(19)24)15-18-13-14-25-23(16-18)26(32-30-25)20-8-2-1-3-9-20/h1-16H,(H,29,31)/b21-15+. The number of amides is 1. The number of hydrogen-bond acceptors (Lipinski definition) is 4. The van der Waals surface area contributed by atoms with E-state index in [4.69, 9.17) is 4.52 Å². The number of hydrogen-bond donors (Lipinski definition) is 1. The number of fused-ring (bicyclic) bond motifs is 2. The van der Waals surface area contributed by atoms with Gasteiger partial charge in [-0.15, -0.1) is 0 Å². The van der Waals surface area contributed by atoms with Gasteiger partial charge in [0.05, 0.1) is 5.39 Å². The minimum atomic E-state index is -0.461. The van der Waals surface area contributed by atoms with E-state index in [0.717, 1.165) is 21.7 Å². The Morgan fingerprint density at radius 2 is 1.69 bits per heavy atom. The molecule has 0 aliphatic rings. The molecule has 0 radical (unpaired) electrons. The van der Waals surface area contributed by atoms with Gasteiger partial charge in [-0.2, -0.15) is 5.26 Å². The molecular weight excluding hydrogens is 398 g/mol. The predicted molar refractivity (Wildman–Crippen MR) is 126 cm³/mol. The van der Waals surface area contributed by atoms with Crippen LogP contribution in [-0.2, 0) is 4.79 Å². The molecule has 4 aromatic carbocycles. The average molecular weight is 415 g/mol. The molecule has 0 atom stereocenters. The Kier molecular flexibility index (Phi) is 4.95. The van der Waals surface area contributed by atoms with E-state index < -0.39 is 5.91 Å². The van der Waals surface area contributed by atoms with Gasteiger partial charge in [-0.05, 0) is 35.2 Å². The van der Waals surface area contributed by atoms with Crippen LogP contribution in [0.25, 0.3) is 39.1 Å². The maximum atomic E-state index is 12.9. The maximum absolute atomic E-state index is 12.9. The molecule has 0 fully saturated rings. The lowest BCUT2D eigenvalue weighted by Crippen LogP contribution is -2.13. The smallest absolute Gasteiger partial charge is 0.266 e. The van der Waals surface area contributed by atoms with Crippen LogP contribution < -0.4 is 5.32 Å². The average Bonchev–Trinajstić information content (AvgIpc) is 3.26. The molecule has 1 aromatic heterocycles. The molecule has 0 aliphatic carbocycles. The molecule has 0 spiro atoms. The van der Waals surface area contributed by atoms with E-state index >= 15 is 0 Å². The summed E-state index contributed by atoms with van der Waals surface area (Å²) in [6, 6.07) is 30.6. The molecular formula is C27H17N3O2. The van der Waals surface area contributed by atoms with Gasteiger partial charge in [0.1, 0.15) is 17.2 Å². The quantitative estimate of drug-likeness (QED) is 0.280. The zero-order valence-electron chi connectivity index (χ0n) is 16.9. The Balaban J connectivity index is 1.49. The number of anilines is 1. The molecule has 152 valence electrons. The van der Waals surface area contributed by atoms with Crippen LogP contribution in [0.4, 0.5) is 5.69 Å². The van der Waals surface area contributed by atoms with Gasteiger partial charge in [0.15, 0.2) is 5.76 Å². The Hall–Kier alpha value is -4.69. The van der Waals surface area contributed by atoms with E-state index in [1.807, 2.05) is 97.1 Å². The lowest BCUT2D eigenvalue weighted by Gasteiger charge is -2.08. The van der Waals surface area contributed by atoms with Crippen LogP contribution in [0.5, 0.6) is 0 Å². The predicted octanol–water partition coefficient (Wildman–Crippen LogP) is 6.19. The van der Waals surface area contributed by atoms with Gasteiger partial charge < -0.3 is 9.84 Å². The Morgan fingerprint density at radius 3 is 2.53 bits per heavy atom. The molecule has 5 aromatic rings.